The normalized spacial score (nSPS) is 12.6. The summed E-state index contributed by atoms with van der Waals surface area (Å²) in [6, 6.07) is 51.0. The first kappa shape index (κ1) is 39.3. The maximum atomic E-state index is 7.01. The Hall–Kier alpha value is -6.85. The molecule has 0 radical (unpaired) electrons. The molecule has 0 unspecified atom stereocenters. The van der Waals surface area contributed by atoms with Gasteiger partial charge in [-0.25, -0.2) is 15.0 Å². The smallest absolute Gasteiger partial charge is 0.164 e. The van der Waals surface area contributed by atoms with Crippen molar-refractivity contribution in [2.24, 2.45) is 0 Å². The molecule has 0 aliphatic heterocycles. The van der Waals surface area contributed by atoms with Gasteiger partial charge in [-0.3, -0.25) is 0 Å². The second kappa shape index (κ2) is 14.4. The van der Waals surface area contributed by atoms with Crippen molar-refractivity contribution in [3.63, 3.8) is 0 Å². The van der Waals surface area contributed by atoms with Gasteiger partial charge in [-0.05, 0) is 62.8 Å². The van der Waals surface area contributed by atoms with Gasteiger partial charge in [0.05, 0.1) is 0 Å². The van der Waals surface area contributed by atoms with Gasteiger partial charge in [0.2, 0.25) is 0 Å². The SMILES string of the molecule is CC(C)(C)c1cc(-c2ccc(-c3nc(-c4ccccc4)nc(-c4ccc(-c5cccc6c5oc5ccccc56)cc4)n3)cc2)c2oc3c(C(C)(C)C)cc(C(C)(C)C)cc3c2c1. The molecular formula is C57H51N3O2. The summed E-state index contributed by atoms with van der Waals surface area (Å²) in [5, 5.41) is 4.55. The molecule has 5 heteroatoms. The minimum Gasteiger partial charge on any atom is -0.455 e. The highest BCUT2D eigenvalue weighted by Gasteiger charge is 2.28. The highest BCUT2D eigenvalue weighted by Crippen LogP contribution is 2.45. The summed E-state index contributed by atoms with van der Waals surface area (Å²) in [6.07, 6.45) is 0. The van der Waals surface area contributed by atoms with Crippen LogP contribution in [0.15, 0.2) is 154 Å². The van der Waals surface area contributed by atoms with Crippen LogP contribution in [0.3, 0.4) is 0 Å². The van der Waals surface area contributed by atoms with Crippen LogP contribution in [-0.2, 0) is 16.2 Å². The van der Waals surface area contributed by atoms with E-state index in [-0.39, 0.29) is 16.2 Å². The molecule has 5 nitrogen and oxygen atoms in total. The van der Waals surface area contributed by atoms with Gasteiger partial charge in [0.1, 0.15) is 22.3 Å². The molecule has 0 fully saturated rings. The van der Waals surface area contributed by atoms with E-state index in [0.717, 1.165) is 77.4 Å². The average molecular weight is 810 g/mol. The van der Waals surface area contributed by atoms with E-state index in [2.05, 4.69) is 165 Å². The van der Waals surface area contributed by atoms with Crippen molar-refractivity contribution in [2.45, 2.75) is 78.6 Å². The van der Waals surface area contributed by atoms with Crippen molar-refractivity contribution < 1.29 is 8.83 Å². The van der Waals surface area contributed by atoms with Crippen LogP contribution in [-0.4, -0.2) is 15.0 Å². The highest BCUT2D eigenvalue weighted by molar-refractivity contribution is 6.12. The van der Waals surface area contributed by atoms with E-state index >= 15 is 0 Å². The molecule has 0 saturated carbocycles. The number of fused-ring (bicyclic) bond motifs is 6. The third kappa shape index (κ3) is 6.96. The molecule has 3 aromatic heterocycles. The summed E-state index contributed by atoms with van der Waals surface area (Å²) in [6.45, 7) is 20.5. The minimum absolute atomic E-state index is 0.0117. The molecule has 0 amide bonds. The van der Waals surface area contributed by atoms with E-state index in [1.165, 1.54) is 22.1 Å². The minimum atomic E-state index is -0.101. The Kier molecular flexibility index (Phi) is 9.11. The molecule has 0 saturated heterocycles. The predicted molar refractivity (Wildman–Crippen MR) is 258 cm³/mol. The lowest BCUT2D eigenvalue weighted by Gasteiger charge is -2.25. The van der Waals surface area contributed by atoms with Gasteiger partial charge in [-0.1, -0.05) is 184 Å². The molecule has 0 aliphatic carbocycles. The third-order valence-electron chi connectivity index (χ3n) is 12.2. The van der Waals surface area contributed by atoms with Crippen molar-refractivity contribution in [1.29, 1.82) is 0 Å². The zero-order valence-corrected chi connectivity index (χ0v) is 37.0. The zero-order chi connectivity index (χ0) is 43.1. The van der Waals surface area contributed by atoms with Gasteiger partial charge in [0.15, 0.2) is 17.5 Å². The molecule has 3 heterocycles. The molecule has 62 heavy (non-hydrogen) atoms. The molecular weight excluding hydrogens is 759 g/mol. The number of para-hydroxylation sites is 2. The van der Waals surface area contributed by atoms with Gasteiger partial charge >= 0.3 is 0 Å². The Morgan fingerprint density at radius 3 is 1.39 bits per heavy atom. The van der Waals surface area contributed by atoms with Crippen molar-refractivity contribution in [1.82, 2.24) is 15.0 Å². The first-order chi connectivity index (χ1) is 29.6. The summed E-state index contributed by atoms with van der Waals surface area (Å²) in [5.74, 6) is 1.84. The van der Waals surface area contributed by atoms with Gasteiger partial charge < -0.3 is 8.83 Å². The Morgan fingerprint density at radius 1 is 0.339 bits per heavy atom. The Morgan fingerprint density at radius 2 is 0.806 bits per heavy atom. The van der Waals surface area contributed by atoms with Crippen molar-refractivity contribution in [2.75, 3.05) is 0 Å². The maximum Gasteiger partial charge on any atom is 0.164 e. The molecule has 0 atom stereocenters. The second-order valence-corrected chi connectivity index (χ2v) is 19.8. The number of hydrogen-bond donors (Lipinski definition) is 0. The van der Waals surface area contributed by atoms with Gasteiger partial charge in [0, 0.05) is 54.9 Å². The largest absolute Gasteiger partial charge is 0.455 e. The first-order valence-corrected chi connectivity index (χ1v) is 21.6. The van der Waals surface area contributed by atoms with Crippen LogP contribution < -0.4 is 0 Å². The zero-order valence-electron chi connectivity index (χ0n) is 37.0. The molecule has 0 N–H and O–H groups in total. The highest BCUT2D eigenvalue weighted by atomic mass is 16.3. The molecule has 10 rings (SSSR count). The number of hydrogen-bond acceptors (Lipinski definition) is 5. The van der Waals surface area contributed by atoms with Gasteiger partial charge in [-0.2, -0.15) is 0 Å². The number of furan rings is 2. The average Bonchev–Trinajstić information content (AvgIpc) is 3.84. The molecule has 0 aliphatic rings. The molecule has 0 spiro atoms. The quantitative estimate of drug-likeness (QED) is 0.173. The Bertz CT molecular complexity index is 3310. The second-order valence-electron chi connectivity index (χ2n) is 19.8. The van der Waals surface area contributed by atoms with Crippen LogP contribution in [0.5, 0.6) is 0 Å². The van der Waals surface area contributed by atoms with E-state index in [1.807, 2.05) is 42.5 Å². The number of aromatic nitrogens is 3. The van der Waals surface area contributed by atoms with E-state index in [9.17, 15) is 0 Å². The number of rotatable bonds is 5. The van der Waals surface area contributed by atoms with Crippen molar-refractivity contribution in [3.8, 4) is 56.4 Å². The van der Waals surface area contributed by atoms with Crippen LogP contribution in [0.1, 0.15) is 79.0 Å². The Labute approximate surface area is 363 Å². The van der Waals surface area contributed by atoms with Crippen LogP contribution in [0.25, 0.3) is 100 Å². The van der Waals surface area contributed by atoms with Crippen molar-refractivity contribution >= 4 is 43.9 Å². The fourth-order valence-electron chi connectivity index (χ4n) is 8.54. The lowest BCUT2D eigenvalue weighted by Crippen LogP contribution is -2.16. The summed E-state index contributed by atoms with van der Waals surface area (Å²) in [4.78, 5) is 15.2. The molecule has 7 aromatic carbocycles. The lowest BCUT2D eigenvalue weighted by molar-refractivity contribution is 0.559. The van der Waals surface area contributed by atoms with E-state index in [4.69, 9.17) is 23.8 Å². The number of nitrogens with zero attached hydrogens (tertiary/aromatic N) is 3. The Balaban J connectivity index is 1.07. The van der Waals surface area contributed by atoms with E-state index in [0.29, 0.717) is 17.5 Å². The first-order valence-electron chi connectivity index (χ1n) is 21.6. The van der Waals surface area contributed by atoms with Crippen LogP contribution >= 0.6 is 0 Å². The third-order valence-corrected chi connectivity index (χ3v) is 12.2. The summed E-state index contributed by atoms with van der Waals surface area (Å²) >= 11 is 0. The van der Waals surface area contributed by atoms with Crippen molar-refractivity contribution in [3.05, 3.63) is 162 Å². The van der Waals surface area contributed by atoms with Crippen LogP contribution in [0, 0.1) is 0 Å². The number of benzene rings is 7. The summed E-state index contributed by atoms with van der Waals surface area (Å²) in [5.41, 5.74) is 14.3. The molecule has 0 bridgehead atoms. The van der Waals surface area contributed by atoms with E-state index in [1.54, 1.807) is 0 Å². The van der Waals surface area contributed by atoms with Gasteiger partial charge in [0.25, 0.3) is 0 Å². The van der Waals surface area contributed by atoms with Crippen LogP contribution in [0.2, 0.25) is 0 Å². The topological polar surface area (TPSA) is 65.0 Å². The lowest BCUT2D eigenvalue weighted by atomic mass is 9.79. The fourth-order valence-corrected chi connectivity index (χ4v) is 8.54. The van der Waals surface area contributed by atoms with Gasteiger partial charge in [-0.15, -0.1) is 0 Å². The summed E-state index contributed by atoms with van der Waals surface area (Å²) < 4.78 is 13.4. The van der Waals surface area contributed by atoms with Crippen LogP contribution in [0.4, 0.5) is 0 Å². The summed E-state index contributed by atoms with van der Waals surface area (Å²) in [7, 11) is 0. The molecule has 306 valence electrons. The predicted octanol–water partition coefficient (Wildman–Crippen LogP) is 15.9. The fraction of sp³-hybridized carbons (Fsp3) is 0.211. The van der Waals surface area contributed by atoms with E-state index < -0.39 is 0 Å². The standard InChI is InChI=1S/C57H51N3O2/c1-55(2,3)39-30-44(50-45(31-39)46-32-40(56(4,5)6)33-47(51(46)62-50)57(7,8)9)35-24-28-38(29-25-35)54-59-52(36-16-11-10-12-17-36)58-53(60-54)37-26-22-34(23-27-37)41-19-15-20-43-42-18-13-14-21-48(42)61-49(41)43/h10-33H,1-9H3. The monoisotopic (exact) mass is 809 g/mol. The maximum absolute atomic E-state index is 7.01. The molecule has 10 aromatic rings.